The predicted octanol–water partition coefficient (Wildman–Crippen LogP) is 1.63. The summed E-state index contributed by atoms with van der Waals surface area (Å²) in [6, 6.07) is 15.5. The average molecular weight is 460 g/mol. The van der Waals surface area contributed by atoms with Crippen molar-refractivity contribution in [2.45, 2.75) is 19.9 Å². The number of fused-ring (bicyclic) bond motifs is 1. The molecule has 3 heterocycles. The lowest BCUT2D eigenvalue weighted by molar-refractivity contribution is -0.137. The van der Waals surface area contributed by atoms with Crippen LogP contribution in [0.2, 0.25) is 0 Å². The van der Waals surface area contributed by atoms with Gasteiger partial charge in [0.2, 0.25) is 11.9 Å². The second-order valence-electron chi connectivity index (χ2n) is 8.75. The highest BCUT2D eigenvalue weighted by Gasteiger charge is 2.45. The number of carbonyl (C=O) groups is 3. The number of tetrazole rings is 1. The molecular formula is C24H25N7O3. The van der Waals surface area contributed by atoms with Gasteiger partial charge in [-0.2, -0.15) is 4.68 Å². The Morgan fingerprint density at radius 3 is 2.03 bits per heavy atom. The fourth-order valence-electron chi connectivity index (χ4n) is 4.58. The Labute approximate surface area is 196 Å². The second-order valence-corrected chi connectivity index (χ2v) is 8.75. The SMILES string of the molecule is CC(C)C(C(=O)N1CCN(c2nnnn2-c2ccccc2)CC1)N1C(=O)c2ccccc2C1=O. The van der Waals surface area contributed by atoms with Gasteiger partial charge in [0.05, 0.1) is 16.8 Å². The summed E-state index contributed by atoms with van der Waals surface area (Å²) in [6.45, 7) is 5.66. The van der Waals surface area contributed by atoms with Crippen LogP contribution in [0.3, 0.4) is 0 Å². The molecule has 34 heavy (non-hydrogen) atoms. The van der Waals surface area contributed by atoms with Crippen molar-refractivity contribution in [3.63, 3.8) is 0 Å². The average Bonchev–Trinajstić information content (AvgIpc) is 3.45. The molecule has 0 saturated carbocycles. The van der Waals surface area contributed by atoms with Crippen LogP contribution in [0.15, 0.2) is 54.6 Å². The van der Waals surface area contributed by atoms with E-state index in [1.165, 1.54) is 0 Å². The lowest BCUT2D eigenvalue weighted by Crippen LogP contribution is -2.57. The molecule has 0 bridgehead atoms. The van der Waals surface area contributed by atoms with E-state index in [9.17, 15) is 14.4 Å². The zero-order chi connectivity index (χ0) is 23.8. The van der Waals surface area contributed by atoms with Crippen molar-refractivity contribution in [3.8, 4) is 5.69 Å². The van der Waals surface area contributed by atoms with Crippen molar-refractivity contribution >= 4 is 23.7 Å². The molecule has 10 nitrogen and oxygen atoms in total. The Morgan fingerprint density at radius 1 is 0.853 bits per heavy atom. The van der Waals surface area contributed by atoms with E-state index in [1.807, 2.05) is 49.1 Å². The van der Waals surface area contributed by atoms with E-state index in [0.29, 0.717) is 43.3 Å². The summed E-state index contributed by atoms with van der Waals surface area (Å²) in [5.74, 6) is -0.648. The van der Waals surface area contributed by atoms with Crippen LogP contribution < -0.4 is 4.90 Å². The van der Waals surface area contributed by atoms with Gasteiger partial charge in [-0.05, 0) is 40.6 Å². The molecule has 0 aliphatic carbocycles. The molecule has 10 heteroatoms. The number of piperazine rings is 1. The van der Waals surface area contributed by atoms with Gasteiger partial charge in [0.1, 0.15) is 6.04 Å². The normalized spacial score (nSPS) is 16.9. The minimum absolute atomic E-state index is 0.216. The topological polar surface area (TPSA) is 105 Å². The molecule has 2 aliphatic heterocycles. The van der Waals surface area contributed by atoms with E-state index < -0.39 is 17.9 Å². The molecule has 3 amide bonds. The monoisotopic (exact) mass is 459 g/mol. The number of carbonyl (C=O) groups excluding carboxylic acids is 3. The highest BCUT2D eigenvalue weighted by Crippen LogP contribution is 2.28. The van der Waals surface area contributed by atoms with Crippen LogP contribution in [0.1, 0.15) is 34.6 Å². The van der Waals surface area contributed by atoms with Crippen LogP contribution in [0.4, 0.5) is 5.95 Å². The quantitative estimate of drug-likeness (QED) is 0.534. The van der Waals surface area contributed by atoms with Crippen LogP contribution >= 0.6 is 0 Å². The molecule has 1 unspecified atom stereocenters. The van der Waals surface area contributed by atoms with E-state index in [1.54, 1.807) is 33.8 Å². The van der Waals surface area contributed by atoms with E-state index in [-0.39, 0.29) is 11.8 Å². The number of amides is 3. The number of aromatic nitrogens is 4. The van der Waals surface area contributed by atoms with Crippen LogP contribution in [0, 0.1) is 5.92 Å². The van der Waals surface area contributed by atoms with E-state index >= 15 is 0 Å². The van der Waals surface area contributed by atoms with Gasteiger partial charge in [-0.3, -0.25) is 19.3 Å². The lowest BCUT2D eigenvalue weighted by Gasteiger charge is -2.38. The summed E-state index contributed by atoms with van der Waals surface area (Å²) in [5, 5.41) is 12.1. The number of rotatable bonds is 5. The highest BCUT2D eigenvalue weighted by molar-refractivity contribution is 6.22. The van der Waals surface area contributed by atoms with Gasteiger partial charge in [-0.15, -0.1) is 0 Å². The minimum atomic E-state index is -0.853. The van der Waals surface area contributed by atoms with Crippen molar-refractivity contribution in [2.24, 2.45) is 5.92 Å². The highest BCUT2D eigenvalue weighted by atomic mass is 16.2. The third kappa shape index (κ3) is 3.60. The van der Waals surface area contributed by atoms with Crippen molar-refractivity contribution in [2.75, 3.05) is 31.1 Å². The van der Waals surface area contributed by atoms with E-state index in [2.05, 4.69) is 15.5 Å². The Hall–Kier alpha value is -4.08. The van der Waals surface area contributed by atoms with Gasteiger partial charge >= 0.3 is 0 Å². The fraction of sp³-hybridized carbons (Fsp3) is 0.333. The van der Waals surface area contributed by atoms with Gasteiger partial charge in [-0.25, -0.2) is 0 Å². The van der Waals surface area contributed by atoms with Crippen LogP contribution in [-0.4, -0.2) is 79.9 Å². The molecule has 1 aromatic heterocycles. The number of anilines is 1. The number of hydrogen-bond acceptors (Lipinski definition) is 7. The molecule has 174 valence electrons. The first-order valence-corrected chi connectivity index (χ1v) is 11.3. The summed E-state index contributed by atoms with van der Waals surface area (Å²) in [4.78, 5) is 44.5. The van der Waals surface area contributed by atoms with Gasteiger partial charge in [-0.1, -0.05) is 49.3 Å². The largest absolute Gasteiger partial charge is 0.337 e. The first-order chi connectivity index (χ1) is 16.5. The number of nitrogens with zero attached hydrogens (tertiary/aromatic N) is 7. The Morgan fingerprint density at radius 2 is 1.44 bits per heavy atom. The first kappa shape index (κ1) is 21.7. The number of imide groups is 1. The maximum absolute atomic E-state index is 13.6. The maximum atomic E-state index is 13.6. The molecule has 1 saturated heterocycles. The van der Waals surface area contributed by atoms with E-state index in [4.69, 9.17) is 0 Å². The molecule has 1 atom stereocenters. The predicted molar refractivity (Wildman–Crippen MR) is 124 cm³/mol. The summed E-state index contributed by atoms with van der Waals surface area (Å²) in [5.41, 5.74) is 1.55. The van der Waals surface area contributed by atoms with E-state index in [0.717, 1.165) is 10.6 Å². The molecule has 0 N–H and O–H groups in total. The van der Waals surface area contributed by atoms with Gasteiger partial charge in [0.25, 0.3) is 11.8 Å². The summed E-state index contributed by atoms with van der Waals surface area (Å²) in [6.07, 6.45) is 0. The van der Waals surface area contributed by atoms with Crippen LogP contribution in [0.5, 0.6) is 0 Å². The van der Waals surface area contributed by atoms with Crippen molar-refractivity contribution < 1.29 is 14.4 Å². The minimum Gasteiger partial charge on any atom is -0.337 e. The Bertz CT molecular complexity index is 1200. The van der Waals surface area contributed by atoms with Gasteiger partial charge in [0, 0.05) is 26.2 Å². The molecule has 2 aliphatic rings. The lowest BCUT2D eigenvalue weighted by atomic mass is 10.0. The Kier molecular flexibility index (Phi) is 5.56. The molecule has 0 radical (unpaired) electrons. The van der Waals surface area contributed by atoms with Crippen molar-refractivity contribution in [1.82, 2.24) is 30.0 Å². The van der Waals surface area contributed by atoms with Crippen molar-refractivity contribution in [3.05, 3.63) is 65.7 Å². The Balaban J connectivity index is 1.32. The molecule has 2 aromatic carbocycles. The zero-order valence-electron chi connectivity index (χ0n) is 19.0. The van der Waals surface area contributed by atoms with Crippen molar-refractivity contribution in [1.29, 1.82) is 0 Å². The van der Waals surface area contributed by atoms with Gasteiger partial charge < -0.3 is 9.80 Å². The van der Waals surface area contributed by atoms with Gasteiger partial charge in [0.15, 0.2) is 0 Å². The van der Waals surface area contributed by atoms with Crippen LogP contribution in [-0.2, 0) is 4.79 Å². The van der Waals surface area contributed by atoms with Crippen LogP contribution in [0.25, 0.3) is 5.69 Å². The number of benzene rings is 2. The first-order valence-electron chi connectivity index (χ1n) is 11.3. The zero-order valence-corrected chi connectivity index (χ0v) is 19.0. The molecule has 3 aromatic rings. The molecule has 0 spiro atoms. The molecule has 1 fully saturated rings. The smallest absolute Gasteiger partial charge is 0.262 e. The standard InChI is InChI=1S/C24H25N7O3/c1-16(2)20(30-21(32)18-10-6-7-11-19(18)22(30)33)23(34)28-12-14-29(15-13-28)24-25-26-27-31(24)17-8-4-3-5-9-17/h3-11,16,20H,12-15H2,1-2H3. The summed E-state index contributed by atoms with van der Waals surface area (Å²) < 4.78 is 1.67. The second kappa shape index (κ2) is 8.69. The third-order valence-electron chi connectivity index (χ3n) is 6.32. The molecule has 5 rings (SSSR count). The fourth-order valence-corrected chi connectivity index (χ4v) is 4.58. The summed E-state index contributed by atoms with van der Waals surface area (Å²) >= 11 is 0. The third-order valence-corrected chi connectivity index (χ3v) is 6.32. The summed E-state index contributed by atoms with van der Waals surface area (Å²) in [7, 11) is 0. The molecular weight excluding hydrogens is 434 g/mol. The number of hydrogen-bond donors (Lipinski definition) is 0. The maximum Gasteiger partial charge on any atom is 0.262 e. The number of para-hydroxylation sites is 1.